The maximum Gasteiger partial charge on any atom is 0.230 e. The summed E-state index contributed by atoms with van der Waals surface area (Å²) >= 11 is 1.30. The molecule has 1 N–H and O–H groups in total. The highest BCUT2D eigenvalue weighted by Crippen LogP contribution is 2.27. The zero-order valence-corrected chi connectivity index (χ0v) is 15.5. The summed E-state index contributed by atoms with van der Waals surface area (Å²) in [6.45, 7) is 0. The number of methoxy groups -OCH3 is 1. The van der Waals surface area contributed by atoms with E-state index >= 15 is 0 Å². The van der Waals surface area contributed by atoms with Crippen molar-refractivity contribution in [3.63, 3.8) is 0 Å². The third kappa shape index (κ3) is 4.55. The van der Waals surface area contributed by atoms with Crippen LogP contribution in [0.5, 0.6) is 5.75 Å². The number of aromatic nitrogens is 1. The lowest BCUT2D eigenvalue weighted by Gasteiger charge is -2.12. The number of pyridine rings is 1. The number of thioether (sulfide) groups is 1. The van der Waals surface area contributed by atoms with Gasteiger partial charge in [-0.25, -0.2) is 4.98 Å². The Balaban J connectivity index is 1.73. The van der Waals surface area contributed by atoms with Gasteiger partial charge in [-0.15, -0.1) is 0 Å². The van der Waals surface area contributed by atoms with Crippen LogP contribution in [0.3, 0.4) is 0 Å². The summed E-state index contributed by atoms with van der Waals surface area (Å²) in [7, 11) is 1.62. The molecule has 0 aliphatic heterocycles. The molecule has 26 heavy (non-hydrogen) atoms. The predicted molar refractivity (Wildman–Crippen MR) is 102 cm³/mol. The van der Waals surface area contributed by atoms with E-state index in [-0.39, 0.29) is 11.7 Å². The molecule has 1 fully saturated rings. The molecule has 6 heteroatoms. The second-order valence-electron chi connectivity index (χ2n) is 6.23. The van der Waals surface area contributed by atoms with Crippen molar-refractivity contribution < 1.29 is 9.53 Å². The number of carbonyl (C=O) groups is 1. The Hall–Kier alpha value is -2.52. The third-order valence-electron chi connectivity index (χ3n) is 4.41. The van der Waals surface area contributed by atoms with E-state index in [4.69, 9.17) is 4.74 Å². The first-order chi connectivity index (χ1) is 12.7. The Labute approximate surface area is 157 Å². The Bertz CT molecular complexity index is 826. The minimum atomic E-state index is -0.000580. The fourth-order valence-corrected chi connectivity index (χ4v) is 3.84. The normalized spacial score (nSPS) is 14.0. The van der Waals surface area contributed by atoms with Gasteiger partial charge < -0.3 is 10.1 Å². The van der Waals surface area contributed by atoms with E-state index in [0.717, 1.165) is 29.8 Å². The van der Waals surface area contributed by atoms with Crippen LogP contribution in [0.2, 0.25) is 0 Å². The van der Waals surface area contributed by atoms with Gasteiger partial charge in [-0.05, 0) is 37.1 Å². The number of carbonyl (C=O) groups excluding carboxylic acids is 1. The zero-order chi connectivity index (χ0) is 18.4. The molecule has 0 unspecified atom stereocenters. The molecule has 2 aromatic rings. The first-order valence-corrected chi connectivity index (χ1v) is 9.66. The quantitative estimate of drug-likeness (QED) is 0.787. The molecule has 1 heterocycles. The number of hydrogen-bond acceptors (Lipinski definition) is 5. The van der Waals surface area contributed by atoms with Gasteiger partial charge >= 0.3 is 0 Å². The summed E-state index contributed by atoms with van der Waals surface area (Å²) < 4.78 is 5.26. The average molecular weight is 367 g/mol. The number of amides is 1. The number of nitrogens with one attached hydrogen (secondary N) is 1. The van der Waals surface area contributed by atoms with Gasteiger partial charge in [0.05, 0.1) is 24.1 Å². The molecule has 1 saturated carbocycles. The maximum absolute atomic E-state index is 12.2. The summed E-state index contributed by atoms with van der Waals surface area (Å²) in [5.74, 6) is 1.01. The zero-order valence-electron chi connectivity index (χ0n) is 14.7. The van der Waals surface area contributed by atoms with E-state index in [9.17, 15) is 10.1 Å². The topological polar surface area (TPSA) is 75.0 Å². The molecule has 1 aliphatic rings. The fourth-order valence-electron chi connectivity index (χ4n) is 3.05. The van der Waals surface area contributed by atoms with Crippen LogP contribution in [0.15, 0.2) is 41.4 Å². The highest BCUT2D eigenvalue weighted by Gasteiger charge is 2.18. The number of benzene rings is 1. The average Bonchev–Trinajstić information content (AvgIpc) is 3.19. The first-order valence-electron chi connectivity index (χ1n) is 8.67. The first kappa shape index (κ1) is 18.3. The Kier molecular flexibility index (Phi) is 6.13. The van der Waals surface area contributed by atoms with E-state index in [1.165, 1.54) is 24.6 Å². The highest BCUT2D eigenvalue weighted by atomic mass is 32.2. The molecule has 0 saturated heterocycles. The van der Waals surface area contributed by atoms with Crippen molar-refractivity contribution in [2.75, 3.05) is 12.9 Å². The molecule has 0 atom stereocenters. The van der Waals surface area contributed by atoms with Crippen LogP contribution in [0, 0.1) is 11.3 Å². The van der Waals surface area contributed by atoms with E-state index < -0.39 is 0 Å². The summed E-state index contributed by atoms with van der Waals surface area (Å²) in [5, 5.41) is 13.0. The van der Waals surface area contributed by atoms with Gasteiger partial charge in [0.25, 0.3) is 0 Å². The molecule has 0 spiro atoms. The molecule has 1 aromatic carbocycles. The van der Waals surface area contributed by atoms with Crippen molar-refractivity contribution in [2.45, 2.75) is 36.8 Å². The van der Waals surface area contributed by atoms with Crippen LogP contribution in [0.4, 0.5) is 0 Å². The highest BCUT2D eigenvalue weighted by molar-refractivity contribution is 8.00. The van der Waals surface area contributed by atoms with Crippen molar-refractivity contribution >= 4 is 17.7 Å². The van der Waals surface area contributed by atoms with Crippen LogP contribution in [-0.2, 0) is 4.79 Å². The molecule has 134 valence electrons. The maximum atomic E-state index is 12.2. The van der Waals surface area contributed by atoms with E-state index in [0.29, 0.717) is 16.6 Å². The lowest BCUT2D eigenvalue weighted by molar-refractivity contribution is -0.119. The lowest BCUT2D eigenvalue weighted by Crippen LogP contribution is -2.33. The molecular weight excluding hydrogens is 346 g/mol. The molecule has 1 aliphatic carbocycles. The van der Waals surface area contributed by atoms with Crippen molar-refractivity contribution in [3.8, 4) is 23.1 Å². The van der Waals surface area contributed by atoms with Crippen LogP contribution in [0.25, 0.3) is 11.3 Å². The van der Waals surface area contributed by atoms with Gasteiger partial charge in [0.15, 0.2) is 0 Å². The number of ether oxygens (including phenoxy) is 1. The van der Waals surface area contributed by atoms with Crippen molar-refractivity contribution in [2.24, 2.45) is 0 Å². The predicted octanol–water partition coefficient (Wildman–Crippen LogP) is 3.78. The summed E-state index contributed by atoms with van der Waals surface area (Å²) in [5.41, 5.74) is 2.14. The summed E-state index contributed by atoms with van der Waals surface area (Å²) in [4.78, 5) is 16.7. The van der Waals surface area contributed by atoms with Gasteiger partial charge in [0, 0.05) is 11.6 Å². The second kappa shape index (κ2) is 8.72. The van der Waals surface area contributed by atoms with Gasteiger partial charge in [-0.3, -0.25) is 4.79 Å². The minimum absolute atomic E-state index is 0.000580. The molecule has 0 bridgehead atoms. The molecule has 5 nitrogen and oxygen atoms in total. The molecule has 1 aromatic heterocycles. The van der Waals surface area contributed by atoms with Gasteiger partial charge in [-0.2, -0.15) is 5.26 Å². The Morgan fingerprint density at radius 2 is 2.15 bits per heavy atom. The summed E-state index contributed by atoms with van der Waals surface area (Å²) in [6.07, 6.45) is 4.48. The SMILES string of the molecule is COc1cccc(-c2ccc(C#N)c(SCC(=O)NC3CCCC3)n2)c1. The van der Waals surface area contributed by atoms with Crippen molar-refractivity contribution in [1.82, 2.24) is 10.3 Å². The standard InChI is InChI=1S/C20H21N3O2S/c1-25-17-8-4-5-14(11-17)18-10-9-15(12-21)20(23-18)26-13-19(24)22-16-6-2-3-7-16/h4-5,8-11,16H,2-3,6-7,13H2,1H3,(H,22,24). The minimum Gasteiger partial charge on any atom is -0.497 e. The van der Waals surface area contributed by atoms with Crippen LogP contribution in [0.1, 0.15) is 31.2 Å². The lowest BCUT2D eigenvalue weighted by atomic mass is 10.1. The van der Waals surface area contributed by atoms with Crippen molar-refractivity contribution in [3.05, 3.63) is 42.0 Å². The number of hydrogen-bond donors (Lipinski definition) is 1. The van der Waals surface area contributed by atoms with Gasteiger partial charge in [0.2, 0.25) is 5.91 Å². The third-order valence-corrected chi connectivity index (χ3v) is 5.40. The molecule has 3 rings (SSSR count). The van der Waals surface area contributed by atoms with Crippen LogP contribution in [-0.4, -0.2) is 29.8 Å². The Morgan fingerprint density at radius 1 is 1.35 bits per heavy atom. The Morgan fingerprint density at radius 3 is 2.88 bits per heavy atom. The number of rotatable bonds is 6. The van der Waals surface area contributed by atoms with E-state index in [2.05, 4.69) is 16.4 Å². The largest absolute Gasteiger partial charge is 0.497 e. The van der Waals surface area contributed by atoms with Gasteiger partial charge in [-0.1, -0.05) is 36.7 Å². The van der Waals surface area contributed by atoms with E-state index in [1.807, 2.05) is 30.3 Å². The number of nitrogens with zero attached hydrogens (tertiary/aromatic N) is 2. The molecule has 0 radical (unpaired) electrons. The smallest absolute Gasteiger partial charge is 0.230 e. The number of nitriles is 1. The van der Waals surface area contributed by atoms with Crippen LogP contribution < -0.4 is 10.1 Å². The van der Waals surface area contributed by atoms with E-state index in [1.54, 1.807) is 13.2 Å². The monoisotopic (exact) mass is 367 g/mol. The fraction of sp³-hybridized carbons (Fsp3) is 0.350. The van der Waals surface area contributed by atoms with Crippen LogP contribution >= 0.6 is 11.8 Å². The second-order valence-corrected chi connectivity index (χ2v) is 7.19. The summed E-state index contributed by atoms with van der Waals surface area (Å²) in [6, 6.07) is 13.6. The molecule has 1 amide bonds. The van der Waals surface area contributed by atoms with Gasteiger partial charge in [0.1, 0.15) is 16.8 Å². The van der Waals surface area contributed by atoms with Crippen molar-refractivity contribution in [1.29, 1.82) is 5.26 Å². The molecular formula is C20H21N3O2S.